The second kappa shape index (κ2) is 8.15. The molecule has 1 fully saturated rings. The van der Waals surface area contributed by atoms with E-state index in [4.69, 9.17) is 4.74 Å². The van der Waals surface area contributed by atoms with Crippen molar-refractivity contribution in [1.29, 1.82) is 0 Å². The number of nitrogens with one attached hydrogen (secondary N) is 1. The average molecular weight is 276 g/mol. The summed E-state index contributed by atoms with van der Waals surface area (Å²) in [5.74, 6) is 1.01. The average Bonchev–Trinajstić information content (AvgIpc) is 2.48. The highest BCUT2D eigenvalue weighted by molar-refractivity contribution is 5.56. The van der Waals surface area contributed by atoms with Gasteiger partial charge in [-0.15, -0.1) is 0 Å². The Morgan fingerprint density at radius 2 is 1.95 bits per heavy atom. The summed E-state index contributed by atoms with van der Waals surface area (Å²) >= 11 is 0. The molecule has 0 aliphatic carbocycles. The summed E-state index contributed by atoms with van der Waals surface area (Å²) in [5, 5.41) is 3.39. The minimum Gasteiger partial charge on any atom is -0.494 e. The Morgan fingerprint density at radius 3 is 2.65 bits per heavy atom. The van der Waals surface area contributed by atoms with Gasteiger partial charge in [0, 0.05) is 31.9 Å². The molecule has 0 spiro atoms. The van der Waals surface area contributed by atoms with E-state index in [2.05, 4.69) is 42.3 Å². The topological polar surface area (TPSA) is 24.5 Å². The van der Waals surface area contributed by atoms with Crippen LogP contribution in [0, 0.1) is 6.92 Å². The molecule has 1 N–H and O–H groups in total. The van der Waals surface area contributed by atoms with Crippen molar-refractivity contribution in [2.45, 2.75) is 39.5 Å². The molecule has 1 aromatic rings. The summed E-state index contributed by atoms with van der Waals surface area (Å²) < 4.78 is 5.84. The van der Waals surface area contributed by atoms with Gasteiger partial charge >= 0.3 is 0 Å². The summed E-state index contributed by atoms with van der Waals surface area (Å²) in [5.41, 5.74) is 2.67. The molecule has 0 amide bonds. The van der Waals surface area contributed by atoms with Gasteiger partial charge in [0.05, 0.1) is 6.61 Å². The molecular formula is C17H28N2O. The molecule has 1 aliphatic rings. The van der Waals surface area contributed by atoms with Gasteiger partial charge in [0.2, 0.25) is 0 Å². The van der Waals surface area contributed by atoms with Crippen molar-refractivity contribution in [3.63, 3.8) is 0 Å². The zero-order valence-electron chi connectivity index (χ0n) is 13.0. The van der Waals surface area contributed by atoms with Crippen LogP contribution in [-0.2, 0) is 0 Å². The first-order valence-electron chi connectivity index (χ1n) is 8.00. The number of anilines is 1. The van der Waals surface area contributed by atoms with E-state index >= 15 is 0 Å². The molecule has 1 saturated heterocycles. The lowest BCUT2D eigenvalue weighted by Gasteiger charge is -2.30. The third-order valence-electron chi connectivity index (χ3n) is 3.89. The zero-order valence-corrected chi connectivity index (χ0v) is 13.0. The van der Waals surface area contributed by atoms with Crippen LogP contribution < -0.4 is 15.0 Å². The van der Waals surface area contributed by atoms with Crippen molar-refractivity contribution in [3.05, 3.63) is 23.8 Å². The lowest BCUT2D eigenvalue weighted by molar-refractivity contribution is 0.305. The van der Waals surface area contributed by atoms with Crippen molar-refractivity contribution in [2.75, 3.05) is 37.7 Å². The van der Waals surface area contributed by atoms with E-state index < -0.39 is 0 Å². The van der Waals surface area contributed by atoms with E-state index in [-0.39, 0.29) is 0 Å². The van der Waals surface area contributed by atoms with E-state index in [9.17, 15) is 0 Å². The minimum absolute atomic E-state index is 0.840. The monoisotopic (exact) mass is 276 g/mol. The summed E-state index contributed by atoms with van der Waals surface area (Å²) in [6.07, 6.45) is 5.02. The van der Waals surface area contributed by atoms with E-state index in [1.165, 1.54) is 30.5 Å². The van der Waals surface area contributed by atoms with E-state index in [0.29, 0.717) is 0 Å². The van der Waals surface area contributed by atoms with Crippen LogP contribution in [0.15, 0.2) is 18.2 Å². The van der Waals surface area contributed by atoms with Gasteiger partial charge in [0.1, 0.15) is 5.75 Å². The molecule has 0 saturated carbocycles. The molecule has 0 unspecified atom stereocenters. The zero-order chi connectivity index (χ0) is 14.2. The standard InChI is InChI=1S/C17H28N2O/c1-3-4-5-6-13-20-16-7-8-17(15(2)14-16)19-11-9-18-10-12-19/h7-8,14,18H,3-6,9-13H2,1-2H3. The summed E-state index contributed by atoms with van der Waals surface area (Å²) in [6, 6.07) is 6.50. The van der Waals surface area contributed by atoms with Crippen molar-refractivity contribution in [1.82, 2.24) is 5.32 Å². The molecule has 2 rings (SSSR count). The number of nitrogens with zero attached hydrogens (tertiary/aromatic N) is 1. The van der Waals surface area contributed by atoms with Gasteiger partial charge in [-0.25, -0.2) is 0 Å². The van der Waals surface area contributed by atoms with Gasteiger partial charge in [0.15, 0.2) is 0 Å². The number of hydrogen-bond acceptors (Lipinski definition) is 3. The Kier molecular flexibility index (Phi) is 6.19. The van der Waals surface area contributed by atoms with Crippen molar-refractivity contribution < 1.29 is 4.74 Å². The van der Waals surface area contributed by atoms with Crippen LogP contribution in [0.3, 0.4) is 0 Å². The summed E-state index contributed by atoms with van der Waals surface area (Å²) in [7, 11) is 0. The molecule has 0 atom stereocenters. The molecule has 20 heavy (non-hydrogen) atoms. The first kappa shape index (κ1) is 15.2. The predicted octanol–water partition coefficient (Wildman–Crippen LogP) is 3.36. The number of piperazine rings is 1. The Morgan fingerprint density at radius 1 is 1.15 bits per heavy atom. The van der Waals surface area contributed by atoms with Crippen LogP contribution in [0.1, 0.15) is 38.2 Å². The maximum absolute atomic E-state index is 5.84. The smallest absolute Gasteiger partial charge is 0.119 e. The van der Waals surface area contributed by atoms with Gasteiger partial charge in [-0.2, -0.15) is 0 Å². The quantitative estimate of drug-likeness (QED) is 0.773. The van der Waals surface area contributed by atoms with Crippen LogP contribution in [-0.4, -0.2) is 32.8 Å². The molecule has 3 heteroatoms. The maximum atomic E-state index is 5.84. The predicted molar refractivity (Wildman–Crippen MR) is 85.9 cm³/mol. The molecule has 0 radical (unpaired) electrons. The van der Waals surface area contributed by atoms with Crippen LogP contribution in [0.4, 0.5) is 5.69 Å². The van der Waals surface area contributed by atoms with Crippen molar-refractivity contribution in [2.24, 2.45) is 0 Å². The third kappa shape index (κ3) is 4.41. The summed E-state index contributed by atoms with van der Waals surface area (Å²) in [4.78, 5) is 2.46. The lowest BCUT2D eigenvalue weighted by atomic mass is 10.1. The van der Waals surface area contributed by atoms with Crippen LogP contribution in [0.25, 0.3) is 0 Å². The van der Waals surface area contributed by atoms with Gasteiger partial charge in [-0.05, 0) is 37.1 Å². The fourth-order valence-corrected chi connectivity index (χ4v) is 2.70. The Bertz CT molecular complexity index is 400. The van der Waals surface area contributed by atoms with Crippen LogP contribution in [0.5, 0.6) is 5.75 Å². The van der Waals surface area contributed by atoms with E-state index in [1.54, 1.807) is 0 Å². The van der Waals surface area contributed by atoms with Crippen molar-refractivity contribution in [3.8, 4) is 5.75 Å². The second-order valence-corrected chi connectivity index (χ2v) is 5.59. The molecular weight excluding hydrogens is 248 g/mol. The summed E-state index contributed by atoms with van der Waals surface area (Å²) in [6.45, 7) is 9.60. The molecule has 112 valence electrons. The molecule has 0 bridgehead atoms. The fraction of sp³-hybridized carbons (Fsp3) is 0.647. The normalized spacial score (nSPS) is 15.4. The van der Waals surface area contributed by atoms with Gasteiger partial charge in [0.25, 0.3) is 0 Å². The molecule has 1 aliphatic heterocycles. The number of ether oxygens (including phenoxy) is 1. The highest BCUT2D eigenvalue weighted by Gasteiger charge is 2.12. The van der Waals surface area contributed by atoms with Crippen LogP contribution in [0.2, 0.25) is 0 Å². The Labute approximate surface area is 123 Å². The lowest BCUT2D eigenvalue weighted by Crippen LogP contribution is -2.43. The first-order chi connectivity index (χ1) is 9.81. The number of rotatable bonds is 7. The molecule has 1 heterocycles. The number of benzene rings is 1. The fourth-order valence-electron chi connectivity index (χ4n) is 2.70. The molecule has 3 nitrogen and oxygen atoms in total. The maximum Gasteiger partial charge on any atom is 0.119 e. The van der Waals surface area contributed by atoms with Gasteiger partial charge < -0.3 is 15.0 Å². The Hall–Kier alpha value is -1.22. The minimum atomic E-state index is 0.840. The highest BCUT2D eigenvalue weighted by Crippen LogP contribution is 2.25. The number of hydrogen-bond donors (Lipinski definition) is 1. The van der Waals surface area contributed by atoms with Gasteiger partial charge in [-0.1, -0.05) is 26.2 Å². The van der Waals surface area contributed by atoms with Crippen LogP contribution >= 0.6 is 0 Å². The Balaban J connectivity index is 1.85. The first-order valence-corrected chi connectivity index (χ1v) is 8.00. The molecule has 1 aromatic carbocycles. The van der Waals surface area contributed by atoms with E-state index in [0.717, 1.165) is 45.0 Å². The van der Waals surface area contributed by atoms with Crippen molar-refractivity contribution >= 4 is 5.69 Å². The molecule has 0 aromatic heterocycles. The SMILES string of the molecule is CCCCCCOc1ccc(N2CCNCC2)c(C)c1. The highest BCUT2D eigenvalue weighted by atomic mass is 16.5. The van der Waals surface area contributed by atoms with E-state index in [1.807, 2.05) is 0 Å². The number of unbranched alkanes of at least 4 members (excludes halogenated alkanes) is 3. The largest absolute Gasteiger partial charge is 0.494 e. The number of aryl methyl sites for hydroxylation is 1. The second-order valence-electron chi connectivity index (χ2n) is 5.59. The third-order valence-corrected chi connectivity index (χ3v) is 3.89. The van der Waals surface area contributed by atoms with Gasteiger partial charge in [-0.3, -0.25) is 0 Å².